The van der Waals surface area contributed by atoms with Gasteiger partial charge in [-0.1, -0.05) is 36.7 Å². The van der Waals surface area contributed by atoms with E-state index in [2.05, 4.69) is 21.7 Å². The number of nitrogens with zero attached hydrogens (tertiary/aromatic N) is 2. The van der Waals surface area contributed by atoms with Crippen LogP contribution in [0, 0.1) is 0 Å². The number of rotatable bonds is 8. The fraction of sp³-hybridized carbons (Fsp3) is 0.632. The maximum absolute atomic E-state index is 12.1. The van der Waals surface area contributed by atoms with Crippen LogP contribution < -0.4 is 10.6 Å². The van der Waals surface area contributed by atoms with Gasteiger partial charge in [-0.05, 0) is 43.7 Å². The summed E-state index contributed by atoms with van der Waals surface area (Å²) in [6.07, 6.45) is 4.12. The Morgan fingerprint density at radius 1 is 1.29 bits per heavy atom. The largest absolute Gasteiger partial charge is 0.356 e. The molecule has 0 atom stereocenters. The summed E-state index contributed by atoms with van der Waals surface area (Å²) in [5, 5.41) is 7.55. The summed E-state index contributed by atoms with van der Waals surface area (Å²) in [7, 11) is -1.34. The van der Waals surface area contributed by atoms with Gasteiger partial charge in [0.15, 0.2) is 5.96 Å². The second kappa shape index (κ2) is 12.9. The van der Waals surface area contributed by atoms with Crippen LogP contribution in [0.1, 0.15) is 38.2 Å². The smallest absolute Gasteiger partial charge is 0.214 e. The van der Waals surface area contributed by atoms with Crippen molar-refractivity contribution < 1.29 is 8.42 Å². The monoisotopic (exact) mass is 542 g/mol. The molecule has 1 heterocycles. The SMILES string of the molecule is CCCS(=O)(=O)N1CCC(NC(=NC)NCCCc2ccccc2Cl)CC1.I. The Hall–Kier alpha value is -0.580. The summed E-state index contributed by atoms with van der Waals surface area (Å²) in [6, 6.07) is 8.15. The summed E-state index contributed by atoms with van der Waals surface area (Å²) in [5.74, 6) is 1.00. The van der Waals surface area contributed by atoms with E-state index in [0.717, 1.165) is 48.8 Å². The lowest BCUT2D eigenvalue weighted by Crippen LogP contribution is -2.50. The van der Waals surface area contributed by atoms with Crippen LogP contribution in [0.4, 0.5) is 0 Å². The third kappa shape index (κ3) is 8.04. The van der Waals surface area contributed by atoms with Crippen molar-refractivity contribution in [1.82, 2.24) is 14.9 Å². The number of sulfonamides is 1. The molecule has 0 aliphatic carbocycles. The predicted octanol–water partition coefficient (Wildman–Crippen LogP) is 3.26. The molecule has 1 aliphatic rings. The van der Waals surface area contributed by atoms with E-state index < -0.39 is 10.0 Å². The van der Waals surface area contributed by atoms with Gasteiger partial charge in [0.2, 0.25) is 10.0 Å². The van der Waals surface area contributed by atoms with Crippen LogP contribution in [0.25, 0.3) is 0 Å². The molecule has 0 aromatic heterocycles. The van der Waals surface area contributed by atoms with Crippen molar-refractivity contribution in [1.29, 1.82) is 0 Å². The van der Waals surface area contributed by atoms with Crippen LogP contribution >= 0.6 is 35.6 Å². The fourth-order valence-corrected chi connectivity index (χ4v) is 5.01. The molecule has 28 heavy (non-hydrogen) atoms. The molecule has 1 aliphatic heterocycles. The standard InChI is InChI=1S/C19H31ClN4O2S.HI/c1-3-15-27(25,26)24-13-10-17(11-14-24)23-19(21-2)22-12-6-8-16-7-4-5-9-18(16)20;/h4-5,7,9,17H,3,6,8,10-15H2,1-2H3,(H2,21,22,23);1H. The van der Waals surface area contributed by atoms with E-state index >= 15 is 0 Å². The van der Waals surface area contributed by atoms with Crippen molar-refractivity contribution in [2.24, 2.45) is 4.99 Å². The normalized spacial score (nSPS) is 16.5. The quantitative estimate of drug-likeness (QED) is 0.229. The second-order valence-corrected chi connectivity index (χ2v) is 9.32. The van der Waals surface area contributed by atoms with Gasteiger partial charge in [-0.2, -0.15) is 0 Å². The minimum atomic E-state index is -3.09. The van der Waals surface area contributed by atoms with Gasteiger partial charge in [0.05, 0.1) is 5.75 Å². The highest BCUT2D eigenvalue weighted by Gasteiger charge is 2.27. The number of guanidine groups is 1. The highest BCUT2D eigenvalue weighted by Crippen LogP contribution is 2.16. The van der Waals surface area contributed by atoms with E-state index in [4.69, 9.17) is 11.6 Å². The molecule has 9 heteroatoms. The Morgan fingerprint density at radius 3 is 2.57 bits per heavy atom. The van der Waals surface area contributed by atoms with Gasteiger partial charge < -0.3 is 10.6 Å². The van der Waals surface area contributed by atoms with Gasteiger partial charge in [-0.3, -0.25) is 4.99 Å². The predicted molar refractivity (Wildman–Crippen MR) is 128 cm³/mol. The molecule has 160 valence electrons. The molecule has 0 radical (unpaired) electrons. The average Bonchev–Trinajstić information content (AvgIpc) is 2.66. The van der Waals surface area contributed by atoms with Crippen LogP contribution in [0.5, 0.6) is 0 Å². The summed E-state index contributed by atoms with van der Waals surface area (Å²) < 4.78 is 25.9. The zero-order valence-electron chi connectivity index (χ0n) is 16.7. The molecular weight excluding hydrogens is 511 g/mol. The van der Waals surface area contributed by atoms with E-state index in [1.807, 2.05) is 25.1 Å². The topological polar surface area (TPSA) is 73.8 Å². The minimum Gasteiger partial charge on any atom is -0.356 e. The van der Waals surface area contributed by atoms with Crippen molar-refractivity contribution >= 4 is 51.6 Å². The number of hydrogen-bond acceptors (Lipinski definition) is 3. The van der Waals surface area contributed by atoms with Crippen LogP contribution in [0.3, 0.4) is 0 Å². The Balaban J connectivity index is 0.00000392. The number of piperidine rings is 1. The van der Waals surface area contributed by atoms with Crippen LogP contribution in [-0.2, 0) is 16.4 Å². The third-order valence-corrected chi connectivity index (χ3v) is 7.19. The summed E-state index contributed by atoms with van der Waals surface area (Å²) in [6.45, 7) is 3.84. The second-order valence-electron chi connectivity index (χ2n) is 6.83. The molecule has 0 spiro atoms. The first kappa shape index (κ1) is 25.5. The van der Waals surface area contributed by atoms with Crippen molar-refractivity contribution in [2.75, 3.05) is 32.4 Å². The van der Waals surface area contributed by atoms with Gasteiger partial charge in [0, 0.05) is 37.7 Å². The fourth-order valence-electron chi connectivity index (χ4n) is 3.24. The Labute approximate surface area is 191 Å². The molecule has 1 saturated heterocycles. The van der Waals surface area contributed by atoms with E-state index in [9.17, 15) is 8.42 Å². The first-order valence-electron chi connectivity index (χ1n) is 9.64. The van der Waals surface area contributed by atoms with Gasteiger partial charge in [0.1, 0.15) is 0 Å². The van der Waals surface area contributed by atoms with E-state index in [0.29, 0.717) is 19.5 Å². The van der Waals surface area contributed by atoms with Gasteiger partial charge in [0.25, 0.3) is 0 Å². The number of aliphatic imine (C=N–C) groups is 1. The summed E-state index contributed by atoms with van der Waals surface area (Å²) >= 11 is 6.18. The molecule has 0 saturated carbocycles. The van der Waals surface area contributed by atoms with Crippen molar-refractivity contribution in [3.05, 3.63) is 34.9 Å². The van der Waals surface area contributed by atoms with E-state index in [-0.39, 0.29) is 35.8 Å². The zero-order chi connectivity index (χ0) is 19.7. The van der Waals surface area contributed by atoms with Gasteiger partial charge in [-0.15, -0.1) is 24.0 Å². The molecular formula is C19H32ClIN4O2S. The average molecular weight is 543 g/mol. The molecule has 6 nitrogen and oxygen atoms in total. The number of benzene rings is 1. The lowest BCUT2D eigenvalue weighted by atomic mass is 10.1. The number of hydrogen-bond donors (Lipinski definition) is 2. The molecule has 1 aromatic rings. The maximum atomic E-state index is 12.1. The Bertz CT molecular complexity index is 722. The molecule has 2 N–H and O–H groups in total. The van der Waals surface area contributed by atoms with E-state index in [1.54, 1.807) is 11.4 Å². The lowest BCUT2D eigenvalue weighted by molar-refractivity contribution is 0.306. The third-order valence-electron chi connectivity index (χ3n) is 4.75. The van der Waals surface area contributed by atoms with Gasteiger partial charge >= 0.3 is 0 Å². The molecule has 1 aromatic carbocycles. The van der Waals surface area contributed by atoms with Crippen molar-refractivity contribution in [3.8, 4) is 0 Å². The molecule has 2 rings (SSSR count). The van der Waals surface area contributed by atoms with Crippen LogP contribution in [0.2, 0.25) is 5.02 Å². The van der Waals surface area contributed by atoms with Crippen molar-refractivity contribution in [3.63, 3.8) is 0 Å². The number of halogens is 2. The minimum absolute atomic E-state index is 0. The number of aryl methyl sites for hydroxylation is 1. The Morgan fingerprint density at radius 2 is 1.96 bits per heavy atom. The van der Waals surface area contributed by atoms with Gasteiger partial charge in [-0.25, -0.2) is 12.7 Å². The lowest BCUT2D eigenvalue weighted by Gasteiger charge is -2.32. The maximum Gasteiger partial charge on any atom is 0.214 e. The van der Waals surface area contributed by atoms with E-state index in [1.165, 1.54) is 0 Å². The Kier molecular flexibility index (Phi) is 11.7. The van der Waals surface area contributed by atoms with Crippen molar-refractivity contribution in [2.45, 2.75) is 45.1 Å². The molecule has 0 amide bonds. The molecule has 1 fully saturated rings. The highest BCUT2D eigenvalue weighted by atomic mass is 127. The van der Waals surface area contributed by atoms with Crippen LogP contribution in [0.15, 0.2) is 29.3 Å². The first-order valence-corrected chi connectivity index (χ1v) is 11.6. The molecule has 0 unspecified atom stereocenters. The number of nitrogens with one attached hydrogen (secondary N) is 2. The summed E-state index contributed by atoms with van der Waals surface area (Å²) in [5.41, 5.74) is 1.16. The van der Waals surface area contributed by atoms with Crippen LogP contribution in [-0.4, -0.2) is 57.2 Å². The highest BCUT2D eigenvalue weighted by molar-refractivity contribution is 14.0. The molecule has 0 bridgehead atoms. The first-order chi connectivity index (χ1) is 13.0. The zero-order valence-corrected chi connectivity index (χ0v) is 20.6. The summed E-state index contributed by atoms with van der Waals surface area (Å²) in [4.78, 5) is 4.28.